The summed E-state index contributed by atoms with van der Waals surface area (Å²) < 4.78 is 5.84. The summed E-state index contributed by atoms with van der Waals surface area (Å²) in [4.78, 5) is 0. The second-order valence-electron chi connectivity index (χ2n) is 5.31. The lowest BCUT2D eigenvalue weighted by atomic mass is 10.0. The maximum absolute atomic E-state index is 6.51. The maximum atomic E-state index is 6.51. The lowest BCUT2D eigenvalue weighted by Gasteiger charge is -2.18. The third-order valence-corrected chi connectivity index (χ3v) is 4.24. The fourth-order valence-electron chi connectivity index (χ4n) is 2.51. The number of alkyl halides is 1. The van der Waals surface area contributed by atoms with Crippen LogP contribution in [0, 0.1) is 0 Å². The van der Waals surface area contributed by atoms with E-state index in [1.165, 1.54) is 30.4 Å². The minimum absolute atomic E-state index is 0.00447. The number of hydrogen-bond acceptors (Lipinski definition) is 1. The van der Waals surface area contributed by atoms with E-state index in [2.05, 4.69) is 38.1 Å². The van der Waals surface area contributed by atoms with Crippen molar-refractivity contribution in [3.8, 4) is 0 Å². The Labute approximate surface area is 115 Å². The molecule has 100 valence electrons. The molecule has 1 aromatic rings. The molecule has 0 amide bonds. The SMILES string of the molecule is CCCCc1ccc(C(Cl)C2CCC(C)O2)cc1. The van der Waals surface area contributed by atoms with Crippen LogP contribution in [0.5, 0.6) is 0 Å². The minimum Gasteiger partial charge on any atom is -0.373 e. The predicted molar refractivity (Wildman–Crippen MR) is 77.2 cm³/mol. The van der Waals surface area contributed by atoms with E-state index in [4.69, 9.17) is 16.3 Å². The van der Waals surface area contributed by atoms with Crippen molar-refractivity contribution in [2.75, 3.05) is 0 Å². The Kier molecular flexibility index (Phi) is 5.08. The van der Waals surface area contributed by atoms with Crippen LogP contribution in [0.15, 0.2) is 24.3 Å². The Bertz CT molecular complexity index is 360. The van der Waals surface area contributed by atoms with E-state index in [-0.39, 0.29) is 11.5 Å². The zero-order chi connectivity index (χ0) is 13.0. The molecule has 0 N–H and O–H groups in total. The Morgan fingerprint density at radius 2 is 2.00 bits per heavy atom. The summed E-state index contributed by atoms with van der Waals surface area (Å²) in [5, 5.41) is -0.00447. The highest BCUT2D eigenvalue weighted by molar-refractivity contribution is 6.21. The molecule has 1 fully saturated rings. The van der Waals surface area contributed by atoms with Gasteiger partial charge in [0.25, 0.3) is 0 Å². The Balaban J connectivity index is 1.96. The first-order chi connectivity index (χ1) is 8.70. The Hall–Kier alpha value is -0.530. The average molecular weight is 267 g/mol. The third-order valence-electron chi connectivity index (χ3n) is 3.71. The Morgan fingerprint density at radius 1 is 1.28 bits per heavy atom. The quantitative estimate of drug-likeness (QED) is 0.691. The summed E-state index contributed by atoms with van der Waals surface area (Å²) in [6.45, 7) is 4.35. The van der Waals surface area contributed by atoms with Crippen LogP contribution in [0.25, 0.3) is 0 Å². The lowest BCUT2D eigenvalue weighted by molar-refractivity contribution is 0.0533. The van der Waals surface area contributed by atoms with Gasteiger partial charge in [-0.3, -0.25) is 0 Å². The van der Waals surface area contributed by atoms with E-state index >= 15 is 0 Å². The van der Waals surface area contributed by atoms with E-state index in [1.54, 1.807) is 0 Å². The summed E-state index contributed by atoms with van der Waals surface area (Å²) in [7, 11) is 0. The number of hydrogen-bond donors (Lipinski definition) is 0. The smallest absolute Gasteiger partial charge is 0.0847 e. The third kappa shape index (κ3) is 3.49. The highest BCUT2D eigenvalue weighted by Crippen LogP contribution is 2.34. The molecule has 1 saturated heterocycles. The molecule has 2 rings (SSSR count). The van der Waals surface area contributed by atoms with Gasteiger partial charge in [0.15, 0.2) is 0 Å². The molecule has 0 bridgehead atoms. The number of halogens is 1. The van der Waals surface area contributed by atoms with Crippen LogP contribution in [0.3, 0.4) is 0 Å². The minimum atomic E-state index is -0.00447. The van der Waals surface area contributed by atoms with Crippen molar-refractivity contribution in [2.24, 2.45) is 0 Å². The molecule has 1 aromatic carbocycles. The van der Waals surface area contributed by atoms with Crippen LogP contribution in [-0.4, -0.2) is 12.2 Å². The van der Waals surface area contributed by atoms with E-state index < -0.39 is 0 Å². The number of rotatable bonds is 5. The molecular formula is C16H23ClO. The zero-order valence-electron chi connectivity index (χ0n) is 11.4. The van der Waals surface area contributed by atoms with E-state index in [1.807, 2.05) is 0 Å². The van der Waals surface area contributed by atoms with E-state index in [0.29, 0.717) is 6.10 Å². The Morgan fingerprint density at radius 3 is 2.56 bits per heavy atom. The molecule has 0 aliphatic carbocycles. The summed E-state index contributed by atoms with van der Waals surface area (Å²) in [5.41, 5.74) is 2.60. The maximum Gasteiger partial charge on any atom is 0.0847 e. The van der Waals surface area contributed by atoms with Gasteiger partial charge in [-0.05, 0) is 43.7 Å². The second kappa shape index (κ2) is 6.58. The van der Waals surface area contributed by atoms with Crippen LogP contribution in [0.1, 0.15) is 56.0 Å². The highest BCUT2D eigenvalue weighted by Gasteiger charge is 2.29. The summed E-state index contributed by atoms with van der Waals surface area (Å²) in [6.07, 6.45) is 6.42. The van der Waals surface area contributed by atoms with Gasteiger partial charge in [-0.25, -0.2) is 0 Å². The molecule has 0 radical (unpaired) electrons. The van der Waals surface area contributed by atoms with Crippen LogP contribution in [-0.2, 0) is 11.2 Å². The molecule has 1 nitrogen and oxygen atoms in total. The van der Waals surface area contributed by atoms with Crippen molar-refractivity contribution in [3.05, 3.63) is 35.4 Å². The van der Waals surface area contributed by atoms with Gasteiger partial charge in [0.2, 0.25) is 0 Å². The monoisotopic (exact) mass is 266 g/mol. The van der Waals surface area contributed by atoms with Gasteiger partial charge in [-0.2, -0.15) is 0 Å². The van der Waals surface area contributed by atoms with Gasteiger partial charge in [0.05, 0.1) is 17.6 Å². The standard InChI is InChI=1S/C16H23ClO/c1-3-4-5-13-7-9-14(10-8-13)16(17)15-11-6-12(2)18-15/h7-10,12,15-16H,3-6,11H2,1-2H3. The largest absolute Gasteiger partial charge is 0.373 e. The van der Waals surface area contributed by atoms with Crippen LogP contribution in [0.4, 0.5) is 0 Å². The molecule has 3 atom stereocenters. The highest BCUT2D eigenvalue weighted by atomic mass is 35.5. The van der Waals surface area contributed by atoms with Crippen molar-refractivity contribution in [3.63, 3.8) is 0 Å². The molecular weight excluding hydrogens is 244 g/mol. The first-order valence-electron chi connectivity index (χ1n) is 7.09. The van der Waals surface area contributed by atoms with E-state index in [0.717, 1.165) is 12.8 Å². The molecule has 1 aliphatic rings. The van der Waals surface area contributed by atoms with Gasteiger partial charge in [0.1, 0.15) is 0 Å². The van der Waals surface area contributed by atoms with Crippen molar-refractivity contribution in [1.29, 1.82) is 0 Å². The van der Waals surface area contributed by atoms with Crippen molar-refractivity contribution < 1.29 is 4.74 Å². The number of aryl methyl sites for hydroxylation is 1. The predicted octanol–water partition coefficient (Wildman–Crippen LogP) is 4.88. The molecule has 0 aromatic heterocycles. The summed E-state index contributed by atoms with van der Waals surface area (Å²) >= 11 is 6.51. The molecule has 18 heavy (non-hydrogen) atoms. The molecule has 0 saturated carbocycles. The summed E-state index contributed by atoms with van der Waals surface area (Å²) in [6, 6.07) is 8.74. The fraction of sp³-hybridized carbons (Fsp3) is 0.625. The van der Waals surface area contributed by atoms with Gasteiger partial charge >= 0.3 is 0 Å². The number of ether oxygens (including phenoxy) is 1. The molecule has 3 unspecified atom stereocenters. The molecule has 2 heteroatoms. The van der Waals surface area contributed by atoms with Gasteiger partial charge in [-0.1, -0.05) is 37.6 Å². The van der Waals surface area contributed by atoms with Gasteiger partial charge in [-0.15, -0.1) is 11.6 Å². The summed E-state index contributed by atoms with van der Waals surface area (Å²) in [5.74, 6) is 0. The van der Waals surface area contributed by atoms with Gasteiger partial charge < -0.3 is 4.74 Å². The molecule has 1 aliphatic heterocycles. The first-order valence-corrected chi connectivity index (χ1v) is 7.52. The number of unbranched alkanes of at least 4 members (excludes halogenated alkanes) is 1. The second-order valence-corrected chi connectivity index (χ2v) is 5.78. The van der Waals surface area contributed by atoms with Crippen LogP contribution in [0.2, 0.25) is 0 Å². The molecule has 1 heterocycles. The van der Waals surface area contributed by atoms with Crippen molar-refractivity contribution >= 4 is 11.6 Å². The van der Waals surface area contributed by atoms with Crippen molar-refractivity contribution in [1.82, 2.24) is 0 Å². The van der Waals surface area contributed by atoms with Crippen LogP contribution < -0.4 is 0 Å². The van der Waals surface area contributed by atoms with E-state index in [9.17, 15) is 0 Å². The molecule has 0 spiro atoms. The normalized spacial score (nSPS) is 25.3. The average Bonchev–Trinajstić information content (AvgIpc) is 2.83. The first kappa shape index (κ1) is 13.9. The van der Waals surface area contributed by atoms with Gasteiger partial charge in [0, 0.05) is 0 Å². The van der Waals surface area contributed by atoms with Crippen molar-refractivity contribution in [2.45, 2.75) is 63.5 Å². The fourth-order valence-corrected chi connectivity index (χ4v) is 2.84. The lowest BCUT2D eigenvalue weighted by Crippen LogP contribution is -2.14. The topological polar surface area (TPSA) is 9.23 Å². The van der Waals surface area contributed by atoms with Crippen LogP contribution >= 0.6 is 11.6 Å². The zero-order valence-corrected chi connectivity index (χ0v) is 12.1. The number of benzene rings is 1.